The number of nitrogens with zero attached hydrogens (tertiary/aromatic N) is 1. The van der Waals surface area contributed by atoms with Crippen LogP contribution in [0.4, 0.5) is 0 Å². The molecule has 0 bridgehead atoms. The van der Waals surface area contributed by atoms with Gasteiger partial charge in [0.1, 0.15) is 0 Å². The van der Waals surface area contributed by atoms with Crippen LogP contribution in [0.15, 0.2) is 42.7 Å². The normalized spacial score (nSPS) is 10.1. The van der Waals surface area contributed by atoms with Crippen molar-refractivity contribution in [3.63, 3.8) is 0 Å². The van der Waals surface area contributed by atoms with E-state index >= 15 is 0 Å². The van der Waals surface area contributed by atoms with Gasteiger partial charge in [-0.1, -0.05) is 12.1 Å². The minimum absolute atomic E-state index is 0.000916. The number of carbonyl (C=O) groups excluding carboxylic acids is 3. The number of Topliss-reactive ketones (excluding diaryl/α,β-unsaturated/α-hetero) is 1. The highest BCUT2D eigenvalue weighted by atomic mass is 16.2. The summed E-state index contributed by atoms with van der Waals surface area (Å²) in [4.78, 5) is 39.4. The summed E-state index contributed by atoms with van der Waals surface area (Å²) in [5.41, 5.74) is 7.65. The number of hydrogen-bond donors (Lipinski definition) is 2. The Balaban J connectivity index is 1.79. The van der Waals surface area contributed by atoms with Crippen molar-refractivity contribution in [1.29, 1.82) is 0 Å². The van der Waals surface area contributed by atoms with Crippen LogP contribution in [0, 0.1) is 13.8 Å². The molecule has 1 aromatic heterocycles. The number of amides is 2. The van der Waals surface area contributed by atoms with Gasteiger partial charge in [0, 0.05) is 30.8 Å². The van der Waals surface area contributed by atoms with E-state index in [4.69, 9.17) is 0 Å². The summed E-state index contributed by atoms with van der Waals surface area (Å²) in [5.74, 6) is -0.992. The van der Waals surface area contributed by atoms with Crippen LogP contribution >= 0.6 is 0 Å². The molecule has 2 amide bonds. The molecule has 2 aromatic rings. The van der Waals surface area contributed by atoms with Gasteiger partial charge < -0.3 is 0 Å². The van der Waals surface area contributed by atoms with Gasteiger partial charge >= 0.3 is 0 Å². The lowest BCUT2D eigenvalue weighted by atomic mass is 10.0. The summed E-state index contributed by atoms with van der Waals surface area (Å²) in [6.07, 6.45) is 3.02. The lowest BCUT2D eigenvalue weighted by Crippen LogP contribution is -2.41. The molecule has 0 aliphatic rings. The van der Waals surface area contributed by atoms with Crippen LogP contribution < -0.4 is 10.9 Å². The third-order valence-corrected chi connectivity index (χ3v) is 3.65. The van der Waals surface area contributed by atoms with E-state index < -0.39 is 11.8 Å². The number of carbonyl (C=O) groups is 3. The molecular weight excluding hydrogens is 306 g/mol. The zero-order valence-electron chi connectivity index (χ0n) is 13.6. The molecule has 0 radical (unpaired) electrons. The number of hydrogen-bond acceptors (Lipinski definition) is 4. The Morgan fingerprint density at radius 2 is 1.75 bits per heavy atom. The number of ketones is 1. The number of pyridine rings is 1. The molecule has 1 aromatic carbocycles. The molecule has 0 saturated carbocycles. The number of nitrogens with one attached hydrogen (secondary N) is 2. The zero-order chi connectivity index (χ0) is 17.5. The Kier molecular flexibility index (Phi) is 5.78. The third-order valence-electron chi connectivity index (χ3n) is 3.65. The van der Waals surface area contributed by atoms with Gasteiger partial charge in [0.2, 0.25) is 5.91 Å². The number of hydrazine groups is 1. The number of benzene rings is 1. The first-order chi connectivity index (χ1) is 11.5. The van der Waals surface area contributed by atoms with E-state index in [1.165, 1.54) is 6.20 Å². The molecule has 6 nitrogen and oxygen atoms in total. The fourth-order valence-electron chi connectivity index (χ4n) is 2.04. The first-order valence-corrected chi connectivity index (χ1v) is 7.57. The highest BCUT2D eigenvalue weighted by Gasteiger charge is 2.11. The van der Waals surface area contributed by atoms with Crippen LogP contribution in [0.1, 0.15) is 44.7 Å². The molecule has 2 rings (SSSR count). The maximum atomic E-state index is 12.1. The van der Waals surface area contributed by atoms with Crippen LogP contribution in [-0.2, 0) is 4.79 Å². The van der Waals surface area contributed by atoms with Crippen molar-refractivity contribution in [1.82, 2.24) is 15.8 Å². The average molecular weight is 325 g/mol. The molecule has 24 heavy (non-hydrogen) atoms. The first-order valence-electron chi connectivity index (χ1n) is 7.57. The smallest absolute Gasteiger partial charge is 0.271 e. The fourth-order valence-corrected chi connectivity index (χ4v) is 2.04. The van der Waals surface area contributed by atoms with Gasteiger partial charge in [0.05, 0.1) is 5.56 Å². The minimum Gasteiger partial charge on any atom is -0.294 e. The standard InChI is InChI=1S/C18H19N3O3/c1-12-5-6-14(10-13(12)2)16(22)7-8-17(23)20-21-18(24)15-4-3-9-19-11-15/h3-6,9-11H,7-8H2,1-2H3,(H,20,23)(H,21,24). The highest BCUT2D eigenvalue weighted by Crippen LogP contribution is 2.12. The summed E-state index contributed by atoms with van der Waals surface area (Å²) in [6.45, 7) is 3.91. The molecule has 1 heterocycles. The topological polar surface area (TPSA) is 88.2 Å². The van der Waals surface area contributed by atoms with Crippen molar-refractivity contribution in [2.24, 2.45) is 0 Å². The van der Waals surface area contributed by atoms with Crippen LogP contribution in [0.5, 0.6) is 0 Å². The summed E-state index contributed by atoms with van der Waals surface area (Å²) in [6, 6.07) is 8.67. The summed E-state index contributed by atoms with van der Waals surface area (Å²) in [5, 5.41) is 0. The Morgan fingerprint density at radius 1 is 0.958 bits per heavy atom. The van der Waals surface area contributed by atoms with Gasteiger partial charge in [-0.05, 0) is 43.2 Å². The molecule has 0 unspecified atom stereocenters. The molecule has 0 aliphatic carbocycles. The molecule has 124 valence electrons. The molecule has 2 N–H and O–H groups in total. The molecule has 0 saturated heterocycles. The second kappa shape index (κ2) is 8.01. The molecular formula is C18H19N3O3. The van der Waals surface area contributed by atoms with E-state index in [1.54, 1.807) is 24.4 Å². The largest absolute Gasteiger partial charge is 0.294 e. The predicted molar refractivity (Wildman–Crippen MR) is 89.3 cm³/mol. The Bertz CT molecular complexity index is 757. The Labute approximate surface area is 140 Å². The molecule has 0 fully saturated rings. The summed E-state index contributed by atoms with van der Waals surface area (Å²) < 4.78 is 0. The van der Waals surface area contributed by atoms with Crippen LogP contribution in [0.2, 0.25) is 0 Å². The number of aryl methyl sites for hydroxylation is 2. The lowest BCUT2D eigenvalue weighted by Gasteiger charge is -2.07. The molecule has 0 atom stereocenters. The number of rotatable bonds is 5. The van der Waals surface area contributed by atoms with Gasteiger partial charge in [0.15, 0.2) is 5.78 Å². The van der Waals surface area contributed by atoms with Gasteiger partial charge in [-0.15, -0.1) is 0 Å². The Morgan fingerprint density at radius 3 is 2.42 bits per heavy atom. The van der Waals surface area contributed by atoms with Crippen molar-refractivity contribution in [3.8, 4) is 0 Å². The molecule has 0 aliphatic heterocycles. The summed E-state index contributed by atoms with van der Waals surface area (Å²) >= 11 is 0. The minimum atomic E-state index is -0.461. The second-order valence-corrected chi connectivity index (χ2v) is 5.47. The van der Waals surface area contributed by atoms with Crippen molar-refractivity contribution in [3.05, 3.63) is 65.0 Å². The van der Waals surface area contributed by atoms with E-state index in [9.17, 15) is 14.4 Å². The van der Waals surface area contributed by atoms with Gasteiger partial charge in [0.25, 0.3) is 5.91 Å². The summed E-state index contributed by atoms with van der Waals surface area (Å²) in [7, 11) is 0. The van der Waals surface area contributed by atoms with E-state index in [0.717, 1.165) is 11.1 Å². The van der Waals surface area contributed by atoms with Crippen molar-refractivity contribution in [2.75, 3.05) is 0 Å². The SMILES string of the molecule is Cc1ccc(C(=O)CCC(=O)NNC(=O)c2cccnc2)cc1C. The van der Waals surface area contributed by atoms with Crippen LogP contribution in [0.25, 0.3) is 0 Å². The number of aromatic nitrogens is 1. The van der Waals surface area contributed by atoms with Gasteiger partial charge in [-0.25, -0.2) is 0 Å². The van der Waals surface area contributed by atoms with E-state index in [0.29, 0.717) is 11.1 Å². The van der Waals surface area contributed by atoms with Crippen molar-refractivity contribution < 1.29 is 14.4 Å². The van der Waals surface area contributed by atoms with Crippen LogP contribution in [-0.4, -0.2) is 22.6 Å². The van der Waals surface area contributed by atoms with Crippen LogP contribution in [0.3, 0.4) is 0 Å². The quantitative estimate of drug-likeness (QED) is 0.651. The second-order valence-electron chi connectivity index (χ2n) is 5.47. The average Bonchev–Trinajstić information content (AvgIpc) is 2.60. The maximum Gasteiger partial charge on any atom is 0.271 e. The monoisotopic (exact) mass is 325 g/mol. The maximum absolute atomic E-state index is 12.1. The molecule has 0 spiro atoms. The lowest BCUT2D eigenvalue weighted by molar-refractivity contribution is -0.121. The first kappa shape index (κ1) is 17.3. The molecule has 6 heteroatoms. The fraction of sp³-hybridized carbons (Fsp3) is 0.222. The highest BCUT2D eigenvalue weighted by molar-refractivity contribution is 5.99. The van der Waals surface area contributed by atoms with Gasteiger partial charge in [-0.2, -0.15) is 0 Å². The predicted octanol–water partition coefficient (Wildman–Crippen LogP) is 2.12. The van der Waals surface area contributed by atoms with E-state index in [-0.39, 0.29) is 18.6 Å². The van der Waals surface area contributed by atoms with Crippen molar-refractivity contribution in [2.45, 2.75) is 26.7 Å². The van der Waals surface area contributed by atoms with E-state index in [2.05, 4.69) is 15.8 Å². The third kappa shape index (κ3) is 4.74. The Hall–Kier alpha value is -3.02. The zero-order valence-corrected chi connectivity index (χ0v) is 13.6. The van der Waals surface area contributed by atoms with Gasteiger partial charge in [-0.3, -0.25) is 30.2 Å². The van der Waals surface area contributed by atoms with Crippen molar-refractivity contribution >= 4 is 17.6 Å². The van der Waals surface area contributed by atoms with E-state index in [1.807, 2.05) is 26.0 Å².